The lowest BCUT2D eigenvalue weighted by Crippen LogP contribution is -2.34. The maximum absolute atomic E-state index is 6.15. The van der Waals surface area contributed by atoms with Crippen LogP contribution in [0.25, 0.3) is 0 Å². The fraction of sp³-hybridized carbons (Fsp3) is 0.600. The Balaban J connectivity index is 2.09. The van der Waals surface area contributed by atoms with E-state index in [1.165, 1.54) is 6.42 Å². The Bertz CT molecular complexity index is 431. The van der Waals surface area contributed by atoms with Gasteiger partial charge in [-0.05, 0) is 48.8 Å². The van der Waals surface area contributed by atoms with Crippen LogP contribution in [0, 0.1) is 11.3 Å². The molecule has 0 heterocycles. The Morgan fingerprint density at radius 2 is 2.06 bits per heavy atom. The van der Waals surface area contributed by atoms with E-state index in [1.807, 2.05) is 12.1 Å². The van der Waals surface area contributed by atoms with Gasteiger partial charge in [-0.1, -0.05) is 32.4 Å². The molecule has 1 aliphatic carbocycles. The highest BCUT2D eigenvalue weighted by Crippen LogP contribution is 2.40. The number of hydrogen-bond donors (Lipinski definition) is 1. The third kappa shape index (κ3) is 3.32. The summed E-state index contributed by atoms with van der Waals surface area (Å²) < 4.78 is 6.06. The molecule has 0 radical (unpaired) electrons. The van der Waals surface area contributed by atoms with Gasteiger partial charge in [-0.15, -0.1) is 0 Å². The third-order valence-corrected chi connectivity index (χ3v) is 3.89. The van der Waals surface area contributed by atoms with Crippen LogP contribution < -0.4 is 10.5 Å². The van der Waals surface area contributed by atoms with Gasteiger partial charge in [0.2, 0.25) is 0 Å². The van der Waals surface area contributed by atoms with E-state index in [1.54, 1.807) is 6.07 Å². The Morgan fingerprint density at radius 1 is 1.33 bits per heavy atom. The summed E-state index contributed by atoms with van der Waals surface area (Å²) in [7, 11) is 0. The van der Waals surface area contributed by atoms with E-state index in [-0.39, 0.29) is 6.10 Å². The molecule has 1 fully saturated rings. The van der Waals surface area contributed by atoms with Crippen LogP contribution in [0.1, 0.15) is 40.0 Å². The zero-order chi connectivity index (χ0) is 13.3. The number of halogens is 1. The first kappa shape index (κ1) is 13.5. The highest BCUT2D eigenvalue weighted by Gasteiger charge is 2.33. The lowest BCUT2D eigenvalue weighted by molar-refractivity contribution is 0.0563. The summed E-state index contributed by atoms with van der Waals surface area (Å²) in [6, 6.07) is 5.44. The number of nitrogen functional groups attached to an aromatic ring is 1. The van der Waals surface area contributed by atoms with E-state index in [4.69, 9.17) is 22.1 Å². The van der Waals surface area contributed by atoms with Gasteiger partial charge in [0.05, 0.1) is 11.1 Å². The van der Waals surface area contributed by atoms with Crippen molar-refractivity contribution < 1.29 is 4.74 Å². The Hall–Kier alpha value is -0.890. The topological polar surface area (TPSA) is 35.2 Å². The number of ether oxygens (including phenoxy) is 1. The molecule has 0 bridgehead atoms. The largest absolute Gasteiger partial charge is 0.489 e. The van der Waals surface area contributed by atoms with Crippen LogP contribution in [0.3, 0.4) is 0 Å². The lowest BCUT2D eigenvalue weighted by Gasteiger charge is -2.38. The molecule has 1 aromatic rings. The average molecular weight is 268 g/mol. The number of benzene rings is 1. The second kappa shape index (κ2) is 5.00. The molecule has 18 heavy (non-hydrogen) atoms. The minimum Gasteiger partial charge on any atom is -0.489 e. The molecule has 2 unspecified atom stereocenters. The van der Waals surface area contributed by atoms with E-state index in [2.05, 4.69) is 20.8 Å². The van der Waals surface area contributed by atoms with Gasteiger partial charge in [-0.25, -0.2) is 0 Å². The molecular formula is C15H22ClNO. The van der Waals surface area contributed by atoms with Gasteiger partial charge < -0.3 is 10.5 Å². The molecule has 0 spiro atoms. The highest BCUT2D eigenvalue weighted by molar-refractivity contribution is 6.32. The van der Waals surface area contributed by atoms with Gasteiger partial charge in [0.25, 0.3) is 0 Å². The first-order valence-electron chi connectivity index (χ1n) is 6.57. The molecule has 2 nitrogen and oxygen atoms in total. The summed E-state index contributed by atoms with van der Waals surface area (Å²) in [5.41, 5.74) is 6.71. The van der Waals surface area contributed by atoms with Gasteiger partial charge in [-0.2, -0.15) is 0 Å². The van der Waals surface area contributed by atoms with Crippen molar-refractivity contribution in [1.82, 2.24) is 0 Å². The van der Waals surface area contributed by atoms with Crippen molar-refractivity contribution in [2.75, 3.05) is 5.73 Å². The second-order valence-corrected chi connectivity index (χ2v) is 6.75. The maximum atomic E-state index is 6.15. The van der Waals surface area contributed by atoms with E-state index >= 15 is 0 Å². The number of anilines is 1. The molecule has 1 saturated carbocycles. The first-order valence-corrected chi connectivity index (χ1v) is 6.95. The fourth-order valence-corrected chi connectivity index (χ4v) is 3.37. The summed E-state index contributed by atoms with van der Waals surface area (Å²) in [6.07, 6.45) is 3.70. The van der Waals surface area contributed by atoms with Crippen molar-refractivity contribution in [3.05, 3.63) is 23.2 Å². The fourth-order valence-electron chi connectivity index (χ4n) is 3.14. The van der Waals surface area contributed by atoms with Gasteiger partial charge >= 0.3 is 0 Å². The van der Waals surface area contributed by atoms with Gasteiger partial charge in [0, 0.05) is 5.69 Å². The Morgan fingerprint density at radius 3 is 2.67 bits per heavy atom. The molecule has 1 aromatic carbocycles. The van der Waals surface area contributed by atoms with Gasteiger partial charge in [0.15, 0.2) is 0 Å². The molecule has 0 aromatic heterocycles. The maximum Gasteiger partial charge on any atom is 0.138 e. The summed E-state index contributed by atoms with van der Waals surface area (Å²) >= 11 is 6.15. The van der Waals surface area contributed by atoms with Crippen molar-refractivity contribution in [3.8, 4) is 5.75 Å². The molecular weight excluding hydrogens is 246 g/mol. The van der Waals surface area contributed by atoms with E-state index in [0.717, 1.165) is 18.6 Å². The summed E-state index contributed by atoms with van der Waals surface area (Å²) in [5.74, 6) is 1.45. The predicted octanol–water partition coefficient (Wildman–Crippen LogP) is 4.52. The molecule has 0 aliphatic heterocycles. The highest BCUT2D eigenvalue weighted by atomic mass is 35.5. The van der Waals surface area contributed by atoms with Crippen LogP contribution in [0.4, 0.5) is 5.69 Å². The summed E-state index contributed by atoms with van der Waals surface area (Å²) in [4.78, 5) is 0. The Kier molecular flexibility index (Phi) is 3.76. The van der Waals surface area contributed by atoms with Crippen LogP contribution >= 0.6 is 11.6 Å². The Labute approximate surface area is 114 Å². The summed E-state index contributed by atoms with van der Waals surface area (Å²) in [6.45, 7) is 6.91. The van der Waals surface area contributed by atoms with Crippen molar-refractivity contribution >= 4 is 17.3 Å². The third-order valence-electron chi connectivity index (χ3n) is 3.60. The smallest absolute Gasteiger partial charge is 0.138 e. The zero-order valence-electron chi connectivity index (χ0n) is 11.4. The van der Waals surface area contributed by atoms with Crippen molar-refractivity contribution in [3.63, 3.8) is 0 Å². The minimum absolute atomic E-state index is 0.255. The molecule has 0 saturated heterocycles. The van der Waals surface area contributed by atoms with E-state index in [0.29, 0.717) is 22.0 Å². The number of rotatable bonds is 2. The van der Waals surface area contributed by atoms with Gasteiger partial charge in [-0.3, -0.25) is 0 Å². The number of nitrogens with two attached hydrogens (primary N) is 1. The second-order valence-electron chi connectivity index (χ2n) is 6.34. The van der Waals surface area contributed by atoms with Crippen LogP contribution in [-0.4, -0.2) is 6.10 Å². The first-order chi connectivity index (χ1) is 8.35. The molecule has 2 rings (SSSR count). The van der Waals surface area contributed by atoms with E-state index in [9.17, 15) is 0 Å². The standard InChI is InChI=1S/C15H22ClNO/c1-10-6-12(9-15(2,3)8-10)18-14-5-4-11(17)7-13(14)16/h4-5,7,10,12H,6,8-9,17H2,1-3H3. The summed E-state index contributed by atoms with van der Waals surface area (Å²) in [5, 5.41) is 0.603. The van der Waals surface area contributed by atoms with Crippen LogP contribution in [0.15, 0.2) is 18.2 Å². The zero-order valence-corrected chi connectivity index (χ0v) is 12.1. The molecule has 2 atom stereocenters. The molecule has 100 valence electrons. The van der Waals surface area contributed by atoms with Crippen molar-refractivity contribution in [1.29, 1.82) is 0 Å². The molecule has 2 N–H and O–H groups in total. The average Bonchev–Trinajstić information content (AvgIpc) is 2.19. The minimum atomic E-state index is 0.255. The molecule has 0 amide bonds. The molecule has 1 aliphatic rings. The number of hydrogen-bond acceptors (Lipinski definition) is 2. The van der Waals surface area contributed by atoms with Crippen LogP contribution in [0.2, 0.25) is 5.02 Å². The normalized spacial score (nSPS) is 26.9. The lowest BCUT2D eigenvalue weighted by atomic mass is 9.71. The van der Waals surface area contributed by atoms with Crippen molar-refractivity contribution in [2.24, 2.45) is 11.3 Å². The predicted molar refractivity (Wildman–Crippen MR) is 77.1 cm³/mol. The monoisotopic (exact) mass is 267 g/mol. The van der Waals surface area contributed by atoms with E-state index < -0.39 is 0 Å². The van der Waals surface area contributed by atoms with Crippen LogP contribution in [-0.2, 0) is 0 Å². The SMILES string of the molecule is CC1CC(Oc2ccc(N)cc2Cl)CC(C)(C)C1. The van der Waals surface area contributed by atoms with Gasteiger partial charge in [0.1, 0.15) is 5.75 Å². The van der Waals surface area contributed by atoms with Crippen molar-refractivity contribution in [2.45, 2.75) is 46.1 Å². The quantitative estimate of drug-likeness (QED) is 0.800. The van der Waals surface area contributed by atoms with Crippen LogP contribution in [0.5, 0.6) is 5.75 Å². The molecule has 3 heteroatoms.